The van der Waals surface area contributed by atoms with Crippen LogP contribution in [0.25, 0.3) is 0 Å². The van der Waals surface area contributed by atoms with E-state index in [2.05, 4.69) is 50.5 Å². The smallest absolute Gasteiger partial charge is 0.191 e. The number of aryl methyl sites for hydroxylation is 3. The molecule has 0 heterocycles. The molecule has 0 radical (unpaired) electrons. The second-order valence-electron chi connectivity index (χ2n) is 5.96. The molecule has 0 aliphatic carbocycles. The summed E-state index contributed by atoms with van der Waals surface area (Å²) >= 11 is 0. The van der Waals surface area contributed by atoms with Crippen molar-refractivity contribution in [2.24, 2.45) is 4.99 Å². The van der Waals surface area contributed by atoms with Gasteiger partial charge in [0.25, 0.3) is 0 Å². The fourth-order valence-corrected chi connectivity index (χ4v) is 2.58. The standard InChI is InChI=1S/C19H33N3O2/c1-6-20-19(21-8-7-9-24-11-10-23-5)22-14-18-16(3)12-15(2)13-17(18)4/h12-13H,6-11,14H2,1-5H3,(H2,20,21,22). The van der Waals surface area contributed by atoms with Gasteiger partial charge in [0.15, 0.2) is 5.96 Å². The molecule has 0 saturated heterocycles. The molecule has 1 rings (SSSR count). The van der Waals surface area contributed by atoms with Gasteiger partial charge in [-0.15, -0.1) is 0 Å². The van der Waals surface area contributed by atoms with E-state index >= 15 is 0 Å². The Morgan fingerprint density at radius 1 is 1.04 bits per heavy atom. The first kappa shape index (κ1) is 20.5. The lowest BCUT2D eigenvalue weighted by atomic mass is 10.00. The van der Waals surface area contributed by atoms with E-state index in [1.165, 1.54) is 22.3 Å². The van der Waals surface area contributed by atoms with Gasteiger partial charge in [-0.05, 0) is 50.8 Å². The minimum Gasteiger partial charge on any atom is -0.382 e. The van der Waals surface area contributed by atoms with Gasteiger partial charge in [-0.1, -0.05) is 17.7 Å². The van der Waals surface area contributed by atoms with E-state index in [-0.39, 0.29) is 0 Å². The van der Waals surface area contributed by atoms with Crippen LogP contribution in [0, 0.1) is 20.8 Å². The van der Waals surface area contributed by atoms with Crippen molar-refractivity contribution in [1.29, 1.82) is 0 Å². The van der Waals surface area contributed by atoms with Crippen molar-refractivity contribution in [2.75, 3.05) is 40.0 Å². The SMILES string of the molecule is CCNC(=NCc1c(C)cc(C)cc1C)NCCCOCCOC. The Morgan fingerprint density at radius 3 is 2.38 bits per heavy atom. The fourth-order valence-electron chi connectivity index (χ4n) is 2.58. The van der Waals surface area contributed by atoms with Crippen molar-refractivity contribution >= 4 is 5.96 Å². The van der Waals surface area contributed by atoms with Crippen LogP contribution in [-0.4, -0.2) is 46.0 Å². The van der Waals surface area contributed by atoms with Crippen LogP contribution in [0.3, 0.4) is 0 Å². The van der Waals surface area contributed by atoms with E-state index < -0.39 is 0 Å². The molecule has 5 nitrogen and oxygen atoms in total. The highest BCUT2D eigenvalue weighted by Crippen LogP contribution is 2.17. The summed E-state index contributed by atoms with van der Waals surface area (Å²) in [6.45, 7) is 12.9. The summed E-state index contributed by atoms with van der Waals surface area (Å²) in [5.41, 5.74) is 5.22. The monoisotopic (exact) mass is 335 g/mol. The highest BCUT2D eigenvalue weighted by molar-refractivity contribution is 5.79. The number of hydrogen-bond acceptors (Lipinski definition) is 3. The summed E-state index contributed by atoms with van der Waals surface area (Å²) in [6, 6.07) is 4.44. The number of benzene rings is 1. The Labute approximate surface area is 146 Å². The summed E-state index contributed by atoms with van der Waals surface area (Å²) in [7, 11) is 1.68. The minimum absolute atomic E-state index is 0.646. The molecule has 24 heavy (non-hydrogen) atoms. The second-order valence-corrected chi connectivity index (χ2v) is 5.96. The zero-order valence-corrected chi connectivity index (χ0v) is 15.9. The quantitative estimate of drug-likeness (QED) is 0.392. The van der Waals surface area contributed by atoms with Crippen LogP contribution < -0.4 is 10.6 Å². The van der Waals surface area contributed by atoms with Crippen LogP contribution in [0.15, 0.2) is 17.1 Å². The Balaban J connectivity index is 2.48. The van der Waals surface area contributed by atoms with Crippen LogP contribution in [0.1, 0.15) is 35.6 Å². The molecule has 0 aliphatic rings. The molecule has 0 bridgehead atoms. The van der Waals surface area contributed by atoms with E-state index in [1.54, 1.807) is 7.11 Å². The maximum atomic E-state index is 5.46. The number of methoxy groups -OCH3 is 1. The van der Waals surface area contributed by atoms with Crippen molar-refractivity contribution in [2.45, 2.75) is 40.7 Å². The molecule has 5 heteroatoms. The van der Waals surface area contributed by atoms with Gasteiger partial charge in [0, 0.05) is 26.8 Å². The normalized spacial score (nSPS) is 11.6. The molecule has 1 aromatic rings. The van der Waals surface area contributed by atoms with Crippen molar-refractivity contribution in [3.05, 3.63) is 34.4 Å². The maximum absolute atomic E-state index is 5.46. The topological polar surface area (TPSA) is 54.9 Å². The molecular formula is C19H33N3O2. The van der Waals surface area contributed by atoms with Crippen molar-refractivity contribution in [1.82, 2.24) is 10.6 Å². The lowest BCUT2D eigenvalue weighted by molar-refractivity contribution is 0.0698. The molecule has 0 unspecified atom stereocenters. The summed E-state index contributed by atoms with van der Waals surface area (Å²) in [5.74, 6) is 0.855. The number of rotatable bonds is 10. The summed E-state index contributed by atoms with van der Waals surface area (Å²) in [4.78, 5) is 4.72. The highest BCUT2D eigenvalue weighted by atomic mass is 16.5. The van der Waals surface area contributed by atoms with E-state index in [4.69, 9.17) is 14.5 Å². The predicted octanol–water partition coefficient (Wildman–Crippen LogP) is 2.72. The molecule has 0 saturated carbocycles. The van der Waals surface area contributed by atoms with Gasteiger partial charge >= 0.3 is 0 Å². The summed E-state index contributed by atoms with van der Waals surface area (Å²) in [6.07, 6.45) is 0.941. The molecule has 1 aromatic carbocycles. The molecule has 0 aromatic heterocycles. The Hall–Kier alpha value is -1.59. The van der Waals surface area contributed by atoms with Gasteiger partial charge in [-0.2, -0.15) is 0 Å². The molecule has 0 spiro atoms. The number of nitrogens with zero attached hydrogens (tertiary/aromatic N) is 1. The van der Waals surface area contributed by atoms with Crippen molar-refractivity contribution in [3.63, 3.8) is 0 Å². The first-order chi connectivity index (χ1) is 11.6. The van der Waals surface area contributed by atoms with Crippen LogP contribution in [-0.2, 0) is 16.0 Å². The van der Waals surface area contributed by atoms with E-state index in [9.17, 15) is 0 Å². The average Bonchev–Trinajstić information content (AvgIpc) is 2.52. The number of nitrogens with one attached hydrogen (secondary N) is 2. The average molecular weight is 335 g/mol. The van der Waals surface area contributed by atoms with Crippen LogP contribution in [0.4, 0.5) is 0 Å². The molecule has 0 aliphatic heterocycles. The first-order valence-corrected chi connectivity index (χ1v) is 8.74. The third kappa shape index (κ3) is 7.79. The van der Waals surface area contributed by atoms with Crippen LogP contribution >= 0.6 is 0 Å². The van der Waals surface area contributed by atoms with Gasteiger partial charge in [0.2, 0.25) is 0 Å². The summed E-state index contributed by atoms with van der Waals surface area (Å²) < 4.78 is 10.4. The summed E-state index contributed by atoms with van der Waals surface area (Å²) in [5, 5.41) is 6.65. The van der Waals surface area contributed by atoms with Gasteiger partial charge in [0.1, 0.15) is 0 Å². The van der Waals surface area contributed by atoms with Gasteiger partial charge in [-0.3, -0.25) is 0 Å². The largest absolute Gasteiger partial charge is 0.382 e. The first-order valence-electron chi connectivity index (χ1n) is 8.74. The predicted molar refractivity (Wildman–Crippen MR) is 101 cm³/mol. The molecule has 0 fully saturated rings. The fraction of sp³-hybridized carbons (Fsp3) is 0.632. The van der Waals surface area contributed by atoms with Gasteiger partial charge in [0.05, 0.1) is 19.8 Å². The number of aliphatic imine (C=N–C) groups is 1. The van der Waals surface area contributed by atoms with E-state index in [1.807, 2.05) is 0 Å². The minimum atomic E-state index is 0.646. The van der Waals surface area contributed by atoms with Gasteiger partial charge in [-0.25, -0.2) is 4.99 Å². The van der Waals surface area contributed by atoms with Crippen LogP contribution in [0.2, 0.25) is 0 Å². The third-order valence-electron chi connectivity index (χ3n) is 3.77. The number of ether oxygens (including phenoxy) is 2. The molecular weight excluding hydrogens is 302 g/mol. The van der Waals surface area contributed by atoms with E-state index in [0.717, 1.165) is 32.1 Å². The zero-order chi connectivity index (χ0) is 17.8. The zero-order valence-electron chi connectivity index (χ0n) is 15.9. The lowest BCUT2D eigenvalue weighted by Gasteiger charge is -2.13. The number of hydrogen-bond donors (Lipinski definition) is 2. The molecule has 0 atom stereocenters. The van der Waals surface area contributed by atoms with Gasteiger partial charge < -0.3 is 20.1 Å². The number of guanidine groups is 1. The van der Waals surface area contributed by atoms with E-state index in [0.29, 0.717) is 19.8 Å². The molecule has 2 N–H and O–H groups in total. The second kappa shape index (κ2) is 11.9. The Morgan fingerprint density at radius 2 is 1.75 bits per heavy atom. The maximum Gasteiger partial charge on any atom is 0.191 e. The van der Waals surface area contributed by atoms with Crippen LogP contribution in [0.5, 0.6) is 0 Å². The van der Waals surface area contributed by atoms with Crippen molar-refractivity contribution < 1.29 is 9.47 Å². The highest BCUT2D eigenvalue weighted by Gasteiger charge is 2.04. The molecule has 0 amide bonds. The lowest BCUT2D eigenvalue weighted by Crippen LogP contribution is -2.38. The Kier molecular flexibility index (Phi) is 10.1. The third-order valence-corrected chi connectivity index (χ3v) is 3.77. The van der Waals surface area contributed by atoms with Crippen molar-refractivity contribution in [3.8, 4) is 0 Å². The molecule has 136 valence electrons. The Bertz CT molecular complexity index is 492.